The van der Waals surface area contributed by atoms with Crippen molar-refractivity contribution in [2.24, 2.45) is 0 Å². The van der Waals surface area contributed by atoms with Crippen LogP contribution in [0.3, 0.4) is 0 Å². The molecule has 4 N–H and O–H groups in total. The molecule has 1 atom stereocenters. The van der Waals surface area contributed by atoms with Gasteiger partial charge in [-0.3, -0.25) is 18.7 Å². The highest BCUT2D eigenvalue weighted by Gasteiger charge is 2.26. The Bertz CT molecular complexity index is 1310. The zero-order chi connectivity index (χ0) is 24.0. The molecule has 0 spiro atoms. The lowest BCUT2D eigenvalue weighted by atomic mass is 10.2. The summed E-state index contributed by atoms with van der Waals surface area (Å²) in [4.78, 5) is 36.8. The second kappa shape index (κ2) is 10.3. The van der Waals surface area contributed by atoms with Gasteiger partial charge in [0.05, 0.1) is 0 Å². The number of nitrogens with one attached hydrogen (secondary N) is 3. The fraction of sp³-hybridized carbons (Fsp3) is 0.0952. The van der Waals surface area contributed by atoms with Crippen molar-refractivity contribution in [2.75, 3.05) is 16.4 Å². The van der Waals surface area contributed by atoms with Crippen LogP contribution < -0.4 is 21.5 Å². The molecule has 0 radical (unpaired) electrons. The van der Waals surface area contributed by atoms with Crippen LogP contribution in [-0.2, 0) is 14.9 Å². The number of benzene rings is 2. The van der Waals surface area contributed by atoms with Crippen LogP contribution in [0.15, 0.2) is 77.7 Å². The van der Waals surface area contributed by atoms with Crippen LogP contribution in [0.2, 0.25) is 5.02 Å². The van der Waals surface area contributed by atoms with Gasteiger partial charge in [-0.1, -0.05) is 17.7 Å². The lowest BCUT2D eigenvalue weighted by Crippen LogP contribution is -2.49. The first-order valence-electron chi connectivity index (χ1n) is 9.48. The number of halogens is 1. The molecule has 10 nitrogen and oxygen atoms in total. The summed E-state index contributed by atoms with van der Waals surface area (Å²) in [5.74, 6) is -1.91. The SMILES string of the molecule is O=C(Nc1ccc(Cl)cc1)NC(CS(=O)(=O)O)C(=O)Nc1ccc(-n2ccccc2=O)cc1. The van der Waals surface area contributed by atoms with Gasteiger partial charge in [-0.25, -0.2) is 4.79 Å². The van der Waals surface area contributed by atoms with Crippen LogP contribution in [-0.4, -0.2) is 41.3 Å². The van der Waals surface area contributed by atoms with Gasteiger partial charge in [-0.15, -0.1) is 0 Å². The van der Waals surface area contributed by atoms with Crippen molar-refractivity contribution in [1.29, 1.82) is 0 Å². The predicted octanol–water partition coefficient (Wildman–Crippen LogP) is 2.51. The van der Waals surface area contributed by atoms with Crippen LogP contribution in [0.1, 0.15) is 0 Å². The Morgan fingerprint density at radius 2 is 1.55 bits per heavy atom. The maximum Gasteiger partial charge on any atom is 0.319 e. The minimum atomic E-state index is -4.59. The molecule has 0 aliphatic heterocycles. The molecule has 33 heavy (non-hydrogen) atoms. The smallest absolute Gasteiger partial charge is 0.319 e. The van der Waals surface area contributed by atoms with Gasteiger partial charge in [-0.2, -0.15) is 8.42 Å². The van der Waals surface area contributed by atoms with Crippen LogP contribution in [0, 0.1) is 0 Å². The van der Waals surface area contributed by atoms with E-state index in [0.717, 1.165) is 0 Å². The third-order valence-corrected chi connectivity index (χ3v) is 5.34. The molecule has 0 aliphatic rings. The number of urea groups is 1. The number of nitrogens with zero attached hydrogens (tertiary/aromatic N) is 1. The van der Waals surface area contributed by atoms with Gasteiger partial charge in [0.2, 0.25) is 5.91 Å². The van der Waals surface area contributed by atoms with E-state index in [0.29, 0.717) is 16.4 Å². The molecule has 1 heterocycles. The molecule has 3 aromatic rings. The first-order valence-corrected chi connectivity index (χ1v) is 11.5. The predicted molar refractivity (Wildman–Crippen MR) is 124 cm³/mol. The molecule has 3 rings (SSSR count). The fourth-order valence-electron chi connectivity index (χ4n) is 2.83. The third kappa shape index (κ3) is 7.17. The topological polar surface area (TPSA) is 147 Å². The average molecular weight is 491 g/mol. The zero-order valence-corrected chi connectivity index (χ0v) is 18.5. The van der Waals surface area contributed by atoms with Gasteiger partial charge < -0.3 is 16.0 Å². The maximum absolute atomic E-state index is 12.6. The molecule has 0 saturated heterocycles. The number of rotatable bonds is 7. The van der Waals surface area contributed by atoms with Crippen molar-refractivity contribution in [1.82, 2.24) is 9.88 Å². The number of carbonyl (C=O) groups excluding carboxylic acids is 2. The van der Waals surface area contributed by atoms with Crippen molar-refractivity contribution in [3.8, 4) is 5.69 Å². The molecule has 172 valence electrons. The summed E-state index contributed by atoms with van der Waals surface area (Å²) in [5.41, 5.74) is 0.953. The summed E-state index contributed by atoms with van der Waals surface area (Å²) in [6.45, 7) is 0. The number of hydrogen-bond acceptors (Lipinski definition) is 5. The van der Waals surface area contributed by atoms with Crippen LogP contribution in [0.4, 0.5) is 16.2 Å². The molecular weight excluding hydrogens is 472 g/mol. The molecule has 1 unspecified atom stereocenters. The highest BCUT2D eigenvalue weighted by molar-refractivity contribution is 7.85. The second-order valence-electron chi connectivity index (χ2n) is 6.85. The highest BCUT2D eigenvalue weighted by atomic mass is 35.5. The van der Waals surface area contributed by atoms with Crippen LogP contribution in [0.25, 0.3) is 5.69 Å². The molecule has 0 fully saturated rings. The minimum Gasteiger partial charge on any atom is -0.325 e. The summed E-state index contributed by atoms with van der Waals surface area (Å²) < 4.78 is 33.3. The van der Waals surface area contributed by atoms with E-state index in [1.165, 1.54) is 47.0 Å². The number of amides is 3. The average Bonchev–Trinajstić information content (AvgIpc) is 2.75. The summed E-state index contributed by atoms with van der Waals surface area (Å²) in [5, 5.41) is 7.58. The van der Waals surface area contributed by atoms with Gasteiger partial charge >= 0.3 is 6.03 Å². The Labute approximate surface area is 194 Å². The molecule has 12 heteroatoms. The van der Waals surface area contributed by atoms with Crippen molar-refractivity contribution in [3.05, 3.63) is 88.3 Å². The van der Waals surface area contributed by atoms with Crippen molar-refractivity contribution in [2.45, 2.75) is 6.04 Å². The Morgan fingerprint density at radius 1 is 0.939 bits per heavy atom. The minimum absolute atomic E-state index is 0.238. The van der Waals surface area contributed by atoms with E-state index in [2.05, 4.69) is 16.0 Å². The van der Waals surface area contributed by atoms with Crippen LogP contribution in [0.5, 0.6) is 0 Å². The van der Waals surface area contributed by atoms with E-state index >= 15 is 0 Å². The first kappa shape index (κ1) is 24.0. The summed E-state index contributed by atoms with van der Waals surface area (Å²) in [7, 11) is -4.59. The summed E-state index contributed by atoms with van der Waals surface area (Å²) in [6.07, 6.45) is 1.58. The van der Waals surface area contributed by atoms with Gasteiger partial charge in [0.25, 0.3) is 15.7 Å². The number of aromatic nitrogens is 1. The van der Waals surface area contributed by atoms with Gasteiger partial charge in [0, 0.05) is 34.3 Å². The monoisotopic (exact) mass is 490 g/mol. The molecule has 3 amide bonds. The molecule has 0 saturated carbocycles. The molecule has 0 aliphatic carbocycles. The van der Waals surface area contributed by atoms with Crippen LogP contribution >= 0.6 is 11.6 Å². The van der Waals surface area contributed by atoms with E-state index in [4.69, 9.17) is 11.6 Å². The number of pyridine rings is 1. The van der Waals surface area contributed by atoms with E-state index < -0.39 is 33.9 Å². The van der Waals surface area contributed by atoms with E-state index in [9.17, 15) is 27.4 Å². The Kier molecular flexibility index (Phi) is 7.48. The Hall–Kier alpha value is -3.67. The van der Waals surface area contributed by atoms with E-state index in [1.807, 2.05) is 0 Å². The van der Waals surface area contributed by atoms with Gasteiger partial charge in [0.1, 0.15) is 11.8 Å². The number of hydrogen-bond donors (Lipinski definition) is 4. The molecular formula is C21H19ClN4O6S. The summed E-state index contributed by atoms with van der Waals surface area (Å²) >= 11 is 5.78. The fourth-order valence-corrected chi connectivity index (χ4v) is 3.61. The van der Waals surface area contributed by atoms with Crippen molar-refractivity contribution >= 4 is 45.0 Å². The normalized spacial score (nSPS) is 11.9. The Morgan fingerprint density at radius 3 is 2.15 bits per heavy atom. The van der Waals surface area contributed by atoms with Gasteiger partial charge in [-0.05, 0) is 54.6 Å². The molecule has 2 aromatic carbocycles. The first-order chi connectivity index (χ1) is 15.6. The standard InChI is InChI=1S/C21H19ClN4O6S/c22-14-4-6-16(7-5-14)24-21(29)25-18(13-33(30,31)32)20(28)23-15-8-10-17(11-9-15)26-12-2-1-3-19(26)27/h1-12,18H,13H2,(H,23,28)(H2,24,25,29)(H,30,31,32). The van der Waals surface area contributed by atoms with E-state index in [1.54, 1.807) is 30.5 Å². The highest BCUT2D eigenvalue weighted by Crippen LogP contribution is 2.14. The van der Waals surface area contributed by atoms with Gasteiger partial charge in [0.15, 0.2) is 0 Å². The second-order valence-corrected chi connectivity index (χ2v) is 8.79. The third-order valence-electron chi connectivity index (χ3n) is 4.34. The Balaban J connectivity index is 1.71. The zero-order valence-electron chi connectivity index (χ0n) is 16.9. The molecule has 0 bridgehead atoms. The van der Waals surface area contributed by atoms with Crippen molar-refractivity contribution < 1.29 is 22.6 Å². The summed E-state index contributed by atoms with van der Waals surface area (Å²) in [6, 6.07) is 14.5. The lowest BCUT2D eigenvalue weighted by Gasteiger charge is -2.18. The maximum atomic E-state index is 12.6. The van der Waals surface area contributed by atoms with Crippen molar-refractivity contribution in [3.63, 3.8) is 0 Å². The number of carbonyl (C=O) groups is 2. The number of anilines is 2. The lowest BCUT2D eigenvalue weighted by molar-refractivity contribution is -0.117. The molecule has 1 aromatic heterocycles. The van der Waals surface area contributed by atoms with E-state index in [-0.39, 0.29) is 11.2 Å². The quantitative estimate of drug-likeness (QED) is 0.374. The largest absolute Gasteiger partial charge is 0.325 e.